The van der Waals surface area contributed by atoms with Crippen LogP contribution in [0, 0.1) is 6.92 Å². The number of aromatic nitrogens is 1. The van der Waals surface area contributed by atoms with Crippen LogP contribution < -0.4 is 4.74 Å². The van der Waals surface area contributed by atoms with Crippen molar-refractivity contribution < 1.29 is 9.53 Å². The fraction of sp³-hybridized carbons (Fsp3) is 0.176. The maximum absolute atomic E-state index is 11.6. The van der Waals surface area contributed by atoms with E-state index in [-0.39, 0.29) is 5.78 Å². The van der Waals surface area contributed by atoms with E-state index in [1.54, 1.807) is 18.3 Å². The smallest absolute Gasteiger partial charge is 0.163 e. The minimum atomic E-state index is 0.00861. The highest BCUT2D eigenvalue weighted by Crippen LogP contribution is 2.25. The number of Topliss-reactive ketones (excluding diaryl/α,β-unsaturated/α-hetero) is 1. The Morgan fingerprint density at radius 3 is 2.81 bits per heavy atom. The molecule has 0 saturated heterocycles. The standard InChI is InChI=1S/C17H15NO2S/c1-11-7-8-13(12(2)19)15(9-11)20-10-17-18-14-5-3-4-6-16(14)21-17/h3-9H,10H2,1-2H3. The van der Waals surface area contributed by atoms with Crippen molar-refractivity contribution in [2.45, 2.75) is 20.5 Å². The van der Waals surface area contributed by atoms with Crippen LogP contribution in [0.3, 0.4) is 0 Å². The number of benzene rings is 2. The number of nitrogens with zero attached hydrogens (tertiary/aromatic N) is 1. The molecule has 0 bridgehead atoms. The average molecular weight is 297 g/mol. The fourth-order valence-electron chi connectivity index (χ4n) is 2.16. The molecule has 1 heterocycles. The number of thiazole rings is 1. The molecule has 0 saturated carbocycles. The summed E-state index contributed by atoms with van der Waals surface area (Å²) in [7, 11) is 0. The third-order valence-electron chi connectivity index (χ3n) is 3.21. The van der Waals surface area contributed by atoms with Gasteiger partial charge in [-0.05, 0) is 43.7 Å². The summed E-state index contributed by atoms with van der Waals surface area (Å²) in [5, 5.41) is 0.909. The first kappa shape index (κ1) is 13.8. The van der Waals surface area contributed by atoms with Crippen molar-refractivity contribution in [1.29, 1.82) is 0 Å². The summed E-state index contributed by atoms with van der Waals surface area (Å²) in [6.07, 6.45) is 0. The Hall–Kier alpha value is -2.20. The molecule has 0 unspecified atom stereocenters. The van der Waals surface area contributed by atoms with Gasteiger partial charge in [0.2, 0.25) is 0 Å². The van der Waals surface area contributed by atoms with Crippen LogP contribution in [0.25, 0.3) is 10.2 Å². The molecule has 4 heteroatoms. The maximum atomic E-state index is 11.6. The third-order valence-corrected chi connectivity index (χ3v) is 4.22. The molecule has 0 fully saturated rings. The molecule has 0 aliphatic heterocycles. The monoisotopic (exact) mass is 297 g/mol. The fourth-order valence-corrected chi connectivity index (χ4v) is 3.04. The molecule has 0 aliphatic rings. The molecular formula is C17H15NO2S. The Kier molecular flexibility index (Phi) is 3.71. The zero-order valence-corrected chi connectivity index (χ0v) is 12.7. The van der Waals surface area contributed by atoms with Crippen LogP contribution in [0.4, 0.5) is 0 Å². The van der Waals surface area contributed by atoms with Gasteiger partial charge in [-0.2, -0.15) is 0 Å². The molecule has 1 aromatic heterocycles. The van der Waals surface area contributed by atoms with Crippen molar-refractivity contribution in [3.05, 3.63) is 58.6 Å². The van der Waals surface area contributed by atoms with E-state index in [1.165, 1.54) is 0 Å². The predicted molar refractivity (Wildman–Crippen MR) is 85.1 cm³/mol. The number of fused-ring (bicyclic) bond motifs is 1. The van der Waals surface area contributed by atoms with Crippen molar-refractivity contribution in [3.8, 4) is 5.75 Å². The lowest BCUT2D eigenvalue weighted by Crippen LogP contribution is -2.01. The van der Waals surface area contributed by atoms with E-state index < -0.39 is 0 Å². The van der Waals surface area contributed by atoms with Crippen LogP contribution in [0.5, 0.6) is 5.75 Å². The molecule has 3 rings (SSSR count). The lowest BCUT2D eigenvalue weighted by molar-refractivity contribution is 0.101. The number of para-hydroxylation sites is 1. The van der Waals surface area contributed by atoms with Crippen LogP contribution in [0.2, 0.25) is 0 Å². The number of carbonyl (C=O) groups is 1. The van der Waals surface area contributed by atoms with E-state index in [9.17, 15) is 4.79 Å². The first-order valence-corrected chi connectivity index (χ1v) is 7.54. The normalized spacial score (nSPS) is 10.8. The summed E-state index contributed by atoms with van der Waals surface area (Å²) in [5.74, 6) is 0.635. The van der Waals surface area contributed by atoms with Crippen molar-refractivity contribution >= 4 is 27.3 Å². The summed E-state index contributed by atoms with van der Waals surface area (Å²) < 4.78 is 6.97. The molecule has 0 amide bonds. The highest BCUT2D eigenvalue weighted by molar-refractivity contribution is 7.18. The van der Waals surface area contributed by atoms with Crippen molar-refractivity contribution in [2.75, 3.05) is 0 Å². The van der Waals surface area contributed by atoms with Crippen molar-refractivity contribution in [1.82, 2.24) is 4.98 Å². The minimum Gasteiger partial charge on any atom is -0.486 e. The number of ketones is 1. The summed E-state index contributed by atoms with van der Waals surface area (Å²) in [4.78, 5) is 16.2. The van der Waals surface area contributed by atoms with Gasteiger partial charge in [-0.25, -0.2) is 4.98 Å². The molecule has 2 aromatic carbocycles. The van der Waals surface area contributed by atoms with E-state index in [0.29, 0.717) is 17.9 Å². The molecular weight excluding hydrogens is 282 g/mol. The average Bonchev–Trinajstić information content (AvgIpc) is 2.87. The largest absolute Gasteiger partial charge is 0.486 e. The zero-order valence-electron chi connectivity index (χ0n) is 11.9. The Balaban J connectivity index is 1.84. The number of rotatable bonds is 4. The molecule has 0 radical (unpaired) electrons. The van der Waals surface area contributed by atoms with Crippen molar-refractivity contribution in [2.24, 2.45) is 0 Å². The van der Waals surface area contributed by atoms with E-state index >= 15 is 0 Å². The molecule has 106 valence electrons. The van der Waals surface area contributed by atoms with E-state index in [2.05, 4.69) is 4.98 Å². The van der Waals surface area contributed by atoms with E-state index in [4.69, 9.17) is 4.74 Å². The first-order chi connectivity index (χ1) is 10.1. The third kappa shape index (κ3) is 2.95. The van der Waals surface area contributed by atoms with E-state index in [0.717, 1.165) is 20.8 Å². The number of carbonyl (C=O) groups excluding carboxylic acids is 1. The molecule has 0 spiro atoms. The Bertz CT molecular complexity index is 774. The van der Waals surface area contributed by atoms with Gasteiger partial charge in [0.1, 0.15) is 17.4 Å². The Labute approximate surface area is 127 Å². The zero-order chi connectivity index (χ0) is 14.8. The summed E-state index contributed by atoms with van der Waals surface area (Å²) in [6.45, 7) is 3.91. The van der Waals surface area contributed by atoms with Gasteiger partial charge < -0.3 is 4.74 Å². The number of ether oxygens (including phenoxy) is 1. The Morgan fingerprint density at radius 2 is 2.05 bits per heavy atom. The van der Waals surface area contributed by atoms with Crippen LogP contribution in [-0.2, 0) is 6.61 Å². The van der Waals surface area contributed by atoms with Gasteiger partial charge in [0.15, 0.2) is 5.78 Å². The minimum absolute atomic E-state index is 0.00861. The molecule has 21 heavy (non-hydrogen) atoms. The van der Waals surface area contributed by atoms with Gasteiger partial charge in [-0.15, -0.1) is 11.3 Å². The second kappa shape index (κ2) is 5.66. The Morgan fingerprint density at radius 1 is 1.24 bits per heavy atom. The molecule has 3 aromatic rings. The van der Waals surface area contributed by atoms with Crippen molar-refractivity contribution in [3.63, 3.8) is 0 Å². The second-order valence-electron chi connectivity index (χ2n) is 4.92. The summed E-state index contributed by atoms with van der Waals surface area (Å²) in [5.41, 5.74) is 2.66. The van der Waals surface area contributed by atoms with Crippen LogP contribution in [0.1, 0.15) is 27.9 Å². The predicted octanol–water partition coefficient (Wildman–Crippen LogP) is 4.39. The van der Waals surface area contributed by atoms with Gasteiger partial charge in [0.05, 0.1) is 15.8 Å². The van der Waals surface area contributed by atoms with Gasteiger partial charge in [0, 0.05) is 0 Å². The maximum Gasteiger partial charge on any atom is 0.163 e. The highest BCUT2D eigenvalue weighted by Gasteiger charge is 2.10. The summed E-state index contributed by atoms with van der Waals surface area (Å²) >= 11 is 1.61. The molecule has 0 aliphatic carbocycles. The van der Waals surface area contributed by atoms with Crippen LogP contribution >= 0.6 is 11.3 Å². The molecule has 0 atom stereocenters. The van der Waals surface area contributed by atoms with Crippen LogP contribution in [0.15, 0.2) is 42.5 Å². The highest BCUT2D eigenvalue weighted by atomic mass is 32.1. The summed E-state index contributed by atoms with van der Waals surface area (Å²) in [6, 6.07) is 13.6. The van der Waals surface area contributed by atoms with E-state index in [1.807, 2.05) is 49.4 Å². The molecule has 0 N–H and O–H groups in total. The quantitative estimate of drug-likeness (QED) is 0.671. The van der Waals surface area contributed by atoms with Gasteiger partial charge in [0.25, 0.3) is 0 Å². The van der Waals surface area contributed by atoms with Crippen LogP contribution in [-0.4, -0.2) is 10.8 Å². The SMILES string of the molecule is CC(=O)c1ccc(C)cc1OCc1nc2ccccc2s1. The first-order valence-electron chi connectivity index (χ1n) is 6.72. The molecule has 3 nitrogen and oxygen atoms in total. The number of hydrogen-bond donors (Lipinski definition) is 0. The number of aryl methyl sites for hydroxylation is 1. The van der Waals surface area contributed by atoms with Gasteiger partial charge in [-0.3, -0.25) is 4.79 Å². The van der Waals surface area contributed by atoms with Gasteiger partial charge in [-0.1, -0.05) is 18.2 Å². The van der Waals surface area contributed by atoms with Gasteiger partial charge >= 0.3 is 0 Å². The lowest BCUT2D eigenvalue weighted by Gasteiger charge is -2.09. The topological polar surface area (TPSA) is 39.2 Å². The lowest BCUT2D eigenvalue weighted by atomic mass is 10.1. The second-order valence-corrected chi connectivity index (χ2v) is 6.04. The number of hydrogen-bond acceptors (Lipinski definition) is 4.